The van der Waals surface area contributed by atoms with Crippen molar-refractivity contribution in [2.75, 3.05) is 7.05 Å². The van der Waals surface area contributed by atoms with Gasteiger partial charge in [0.2, 0.25) is 0 Å². The number of nitrogens with one attached hydrogen (secondary N) is 2. The quantitative estimate of drug-likeness (QED) is 0.835. The summed E-state index contributed by atoms with van der Waals surface area (Å²) in [6.45, 7) is 0. The molecule has 88 valence electrons. The molecule has 0 aliphatic heterocycles. The van der Waals surface area contributed by atoms with Gasteiger partial charge in [-0.1, -0.05) is 18.9 Å². The van der Waals surface area contributed by atoms with Crippen LogP contribution in [0.3, 0.4) is 0 Å². The standard InChI is InChI=1S/C12H18N2OS/c1-13-12(15)14-11(9-5-2-3-6-9)10-7-4-8-16-10/h4,7-9,11H,2-3,5-6H2,1H3,(H2,13,14,15). The molecule has 0 bridgehead atoms. The van der Waals surface area contributed by atoms with Crippen molar-refractivity contribution in [1.29, 1.82) is 0 Å². The SMILES string of the molecule is CNC(=O)NC(c1cccs1)C1CCCC1. The molecule has 1 aliphatic carbocycles. The fourth-order valence-corrected chi connectivity index (χ4v) is 3.26. The smallest absolute Gasteiger partial charge is 0.315 e. The van der Waals surface area contributed by atoms with Gasteiger partial charge in [0.15, 0.2) is 0 Å². The summed E-state index contributed by atoms with van der Waals surface area (Å²) in [6.07, 6.45) is 5.04. The number of thiophene rings is 1. The van der Waals surface area contributed by atoms with Crippen molar-refractivity contribution >= 4 is 17.4 Å². The van der Waals surface area contributed by atoms with Gasteiger partial charge in [0.1, 0.15) is 0 Å². The van der Waals surface area contributed by atoms with Gasteiger partial charge in [0.05, 0.1) is 6.04 Å². The fraction of sp³-hybridized carbons (Fsp3) is 0.583. The van der Waals surface area contributed by atoms with Crippen molar-refractivity contribution in [3.05, 3.63) is 22.4 Å². The van der Waals surface area contributed by atoms with Gasteiger partial charge in [-0.25, -0.2) is 4.79 Å². The average Bonchev–Trinajstić information content (AvgIpc) is 2.97. The van der Waals surface area contributed by atoms with Crippen LogP contribution in [0.15, 0.2) is 17.5 Å². The Morgan fingerprint density at radius 2 is 2.25 bits per heavy atom. The molecule has 2 rings (SSSR count). The summed E-state index contributed by atoms with van der Waals surface area (Å²) in [5.41, 5.74) is 0. The van der Waals surface area contributed by atoms with Crippen molar-refractivity contribution in [2.24, 2.45) is 5.92 Å². The minimum absolute atomic E-state index is 0.0784. The highest BCUT2D eigenvalue weighted by Crippen LogP contribution is 2.37. The summed E-state index contributed by atoms with van der Waals surface area (Å²) < 4.78 is 0. The normalized spacial score (nSPS) is 18.3. The highest BCUT2D eigenvalue weighted by molar-refractivity contribution is 7.10. The molecule has 1 aliphatic rings. The topological polar surface area (TPSA) is 41.1 Å². The van der Waals surface area contributed by atoms with Crippen LogP contribution in [-0.4, -0.2) is 13.1 Å². The predicted octanol–water partition coefficient (Wildman–Crippen LogP) is 2.91. The lowest BCUT2D eigenvalue weighted by atomic mass is 9.97. The van der Waals surface area contributed by atoms with E-state index in [0.717, 1.165) is 0 Å². The first-order valence-electron chi connectivity index (χ1n) is 5.83. The Morgan fingerprint density at radius 3 is 2.81 bits per heavy atom. The molecule has 0 radical (unpaired) electrons. The van der Waals surface area contributed by atoms with E-state index in [1.54, 1.807) is 18.4 Å². The van der Waals surface area contributed by atoms with Gasteiger partial charge in [0, 0.05) is 11.9 Å². The first kappa shape index (κ1) is 11.5. The molecule has 0 aromatic carbocycles. The zero-order valence-corrected chi connectivity index (χ0v) is 10.3. The second kappa shape index (κ2) is 5.34. The summed E-state index contributed by atoms with van der Waals surface area (Å²) in [6, 6.07) is 4.28. The predicted molar refractivity (Wildman–Crippen MR) is 66.6 cm³/mol. The van der Waals surface area contributed by atoms with E-state index in [1.165, 1.54) is 30.6 Å². The lowest BCUT2D eigenvalue weighted by Gasteiger charge is -2.23. The number of rotatable bonds is 3. The molecular formula is C12H18N2OS. The fourth-order valence-electron chi connectivity index (χ4n) is 2.39. The van der Waals surface area contributed by atoms with Gasteiger partial charge in [-0.05, 0) is 30.2 Å². The maximum Gasteiger partial charge on any atom is 0.315 e. The zero-order chi connectivity index (χ0) is 11.4. The lowest BCUT2D eigenvalue weighted by Crippen LogP contribution is -2.38. The first-order valence-corrected chi connectivity index (χ1v) is 6.71. The zero-order valence-electron chi connectivity index (χ0n) is 9.53. The highest BCUT2D eigenvalue weighted by atomic mass is 32.1. The van der Waals surface area contributed by atoms with Gasteiger partial charge in [0.25, 0.3) is 0 Å². The van der Waals surface area contributed by atoms with Crippen LogP contribution in [0.2, 0.25) is 0 Å². The maximum atomic E-state index is 11.5. The Balaban J connectivity index is 2.09. The van der Waals surface area contributed by atoms with E-state index in [2.05, 4.69) is 22.1 Å². The number of amides is 2. The van der Waals surface area contributed by atoms with Crippen LogP contribution in [0.5, 0.6) is 0 Å². The Morgan fingerprint density at radius 1 is 1.50 bits per heavy atom. The highest BCUT2D eigenvalue weighted by Gasteiger charge is 2.27. The molecule has 1 saturated carbocycles. The molecule has 1 aromatic rings. The molecule has 0 saturated heterocycles. The number of hydrogen-bond acceptors (Lipinski definition) is 2. The summed E-state index contributed by atoms with van der Waals surface area (Å²) in [5, 5.41) is 7.78. The van der Waals surface area contributed by atoms with Crippen LogP contribution in [0, 0.1) is 5.92 Å². The van der Waals surface area contributed by atoms with E-state index in [-0.39, 0.29) is 12.1 Å². The maximum absolute atomic E-state index is 11.5. The van der Waals surface area contributed by atoms with Crippen molar-refractivity contribution in [3.8, 4) is 0 Å². The number of carbonyl (C=O) groups excluding carboxylic acids is 1. The molecule has 0 spiro atoms. The summed E-state index contributed by atoms with van der Waals surface area (Å²) >= 11 is 1.73. The van der Waals surface area contributed by atoms with E-state index in [0.29, 0.717) is 5.92 Å². The molecule has 1 fully saturated rings. The van der Waals surface area contributed by atoms with E-state index in [9.17, 15) is 4.79 Å². The van der Waals surface area contributed by atoms with Crippen LogP contribution in [0.4, 0.5) is 4.79 Å². The lowest BCUT2D eigenvalue weighted by molar-refractivity contribution is 0.233. The third kappa shape index (κ3) is 2.55. The molecule has 3 nitrogen and oxygen atoms in total. The van der Waals surface area contributed by atoms with Gasteiger partial charge >= 0.3 is 6.03 Å². The second-order valence-electron chi connectivity index (χ2n) is 4.26. The molecule has 4 heteroatoms. The van der Waals surface area contributed by atoms with E-state index in [1.807, 2.05) is 6.07 Å². The number of hydrogen-bond donors (Lipinski definition) is 2. The molecule has 2 N–H and O–H groups in total. The van der Waals surface area contributed by atoms with Crippen LogP contribution in [-0.2, 0) is 0 Å². The van der Waals surface area contributed by atoms with Crippen LogP contribution < -0.4 is 10.6 Å². The summed E-state index contributed by atoms with van der Waals surface area (Å²) in [4.78, 5) is 12.7. The summed E-state index contributed by atoms with van der Waals surface area (Å²) in [5.74, 6) is 0.607. The molecule has 1 unspecified atom stereocenters. The monoisotopic (exact) mass is 238 g/mol. The Kier molecular flexibility index (Phi) is 3.83. The third-order valence-electron chi connectivity index (χ3n) is 3.23. The minimum atomic E-state index is -0.0784. The van der Waals surface area contributed by atoms with Crippen molar-refractivity contribution in [2.45, 2.75) is 31.7 Å². The Hall–Kier alpha value is -1.03. The minimum Gasteiger partial charge on any atom is -0.341 e. The Bertz CT molecular complexity index is 331. The number of urea groups is 1. The van der Waals surface area contributed by atoms with E-state index < -0.39 is 0 Å². The third-order valence-corrected chi connectivity index (χ3v) is 4.19. The molecule has 1 atom stereocenters. The van der Waals surface area contributed by atoms with E-state index >= 15 is 0 Å². The van der Waals surface area contributed by atoms with Crippen molar-refractivity contribution < 1.29 is 4.79 Å². The molecule has 1 aromatic heterocycles. The first-order chi connectivity index (χ1) is 7.81. The molecule has 16 heavy (non-hydrogen) atoms. The van der Waals surface area contributed by atoms with Crippen molar-refractivity contribution in [3.63, 3.8) is 0 Å². The number of carbonyl (C=O) groups is 1. The molecular weight excluding hydrogens is 220 g/mol. The van der Waals surface area contributed by atoms with Crippen LogP contribution >= 0.6 is 11.3 Å². The summed E-state index contributed by atoms with van der Waals surface area (Å²) in [7, 11) is 1.66. The second-order valence-corrected chi connectivity index (χ2v) is 5.24. The van der Waals surface area contributed by atoms with Crippen LogP contribution in [0.1, 0.15) is 36.6 Å². The van der Waals surface area contributed by atoms with Gasteiger partial charge in [-0.2, -0.15) is 0 Å². The van der Waals surface area contributed by atoms with Crippen LogP contribution in [0.25, 0.3) is 0 Å². The van der Waals surface area contributed by atoms with Crippen molar-refractivity contribution in [1.82, 2.24) is 10.6 Å². The van der Waals surface area contributed by atoms with Gasteiger partial charge < -0.3 is 10.6 Å². The Labute approximate surface area is 100 Å². The molecule has 2 amide bonds. The largest absolute Gasteiger partial charge is 0.341 e. The van der Waals surface area contributed by atoms with E-state index in [4.69, 9.17) is 0 Å². The van der Waals surface area contributed by atoms with Gasteiger partial charge in [-0.3, -0.25) is 0 Å². The van der Waals surface area contributed by atoms with Gasteiger partial charge in [-0.15, -0.1) is 11.3 Å². The molecule has 1 heterocycles. The average molecular weight is 238 g/mol.